The number of amides is 2. The van der Waals surface area contributed by atoms with Gasteiger partial charge in [0.15, 0.2) is 0 Å². The molecule has 0 spiro atoms. The van der Waals surface area contributed by atoms with Crippen LogP contribution in [-0.4, -0.2) is 24.6 Å². The van der Waals surface area contributed by atoms with Crippen LogP contribution in [-0.2, 0) is 16.2 Å². The van der Waals surface area contributed by atoms with Crippen LogP contribution in [0.15, 0.2) is 90.0 Å². The molecule has 7 nitrogen and oxygen atoms in total. The highest BCUT2D eigenvalue weighted by molar-refractivity contribution is 6.39. The van der Waals surface area contributed by atoms with Gasteiger partial charge in [-0.2, -0.15) is 5.10 Å². The van der Waals surface area contributed by atoms with E-state index < -0.39 is 11.8 Å². The number of nitrogens with zero attached hydrogens (tertiary/aromatic N) is 1. The smallest absolute Gasteiger partial charge is 0.329 e. The summed E-state index contributed by atoms with van der Waals surface area (Å²) >= 11 is 0. The van der Waals surface area contributed by atoms with Crippen molar-refractivity contribution >= 4 is 34.5 Å². The second-order valence-corrected chi connectivity index (χ2v) is 7.72. The molecule has 0 aromatic heterocycles. The maximum Gasteiger partial charge on any atom is 0.329 e. The largest absolute Gasteiger partial charge is 0.494 e. The van der Waals surface area contributed by atoms with Gasteiger partial charge in [0.2, 0.25) is 0 Å². The van der Waals surface area contributed by atoms with Crippen LogP contribution in [0.5, 0.6) is 11.5 Å². The Morgan fingerprint density at radius 3 is 2.39 bits per heavy atom. The monoisotopic (exact) mass is 485 g/mol. The average Bonchev–Trinajstić information content (AvgIpc) is 2.90. The molecule has 4 aromatic rings. The number of carbonyl (C=O) groups excluding carboxylic acids is 2. The molecular weight excluding hydrogens is 461 g/mol. The highest BCUT2D eigenvalue weighted by Crippen LogP contribution is 2.27. The highest BCUT2D eigenvalue weighted by Gasteiger charge is 2.14. The number of anilines is 1. The molecule has 0 aliphatic heterocycles. The maximum atomic E-state index is 13.2. The Hall–Kier alpha value is -4.72. The van der Waals surface area contributed by atoms with Crippen molar-refractivity contribution in [1.82, 2.24) is 5.43 Å². The van der Waals surface area contributed by atoms with E-state index in [1.54, 1.807) is 42.5 Å². The first kappa shape index (κ1) is 24.4. The number of nitrogens with one attached hydrogen (secondary N) is 2. The number of benzene rings is 4. The van der Waals surface area contributed by atoms with Gasteiger partial charge in [-0.05, 0) is 65.7 Å². The summed E-state index contributed by atoms with van der Waals surface area (Å²) in [7, 11) is 0. The molecule has 0 unspecified atom stereocenters. The Balaban J connectivity index is 1.45. The molecule has 4 rings (SSSR count). The lowest BCUT2D eigenvalue weighted by Crippen LogP contribution is -2.32. The average molecular weight is 486 g/mol. The Morgan fingerprint density at radius 1 is 0.889 bits per heavy atom. The Bertz CT molecular complexity index is 1390. The molecule has 2 amide bonds. The number of halogens is 1. The molecule has 0 aliphatic rings. The van der Waals surface area contributed by atoms with Crippen molar-refractivity contribution in [1.29, 1.82) is 0 Å². The molecule has 0 aliphatic carbocycles. The van der Waals surface area contributed by atoms with E-state index in [4.69, 9.17) is 9.47 Å². The zero-order chi connectivity index (χ0) is 25.3. The third-order valence-electron chi connectivity index (χ3n) is 5.23. The normalized spacial score (nSPS) is 10.8. The molecule has 0 bridgehead atoms. The molecule has 0 radical (unpaired) electrons. The lowest BCUT2D eigenvalue weighted by atomic mass is 10.0. The summed E-state index contributed by atoms with van der Waals surface area (Å²) in [6, 6.07) is 24.1. The van der Waals surface area contributed by atoms with Crippen LogP contribution >= 0.6 is 0 Å². The number of hydrogen-bond donors (Lipinski definition) is 2. The molecule has 4 aromatic carbocycles. The van der Waals surface area contributed by atoms with Crippen molar-refractivity contribution in [2.75, 3.05) is 11.9 Å². The summed E-state index contributed by atoms with van der Waals surface area (Å²) in [5.41, 5.74) is 4.13. The van der Waals surface area contributed by atoms with Gasteiger partial charge in [-0.1, -0.05) is 42.5 Å². The van der Waals surface area contributed by atoms with Crippen LogP contribution in [0.25, 0.3) is 10.8 Å². The molecule has 182 valence electrons. The summed E-state index contributed by atoms with van der Waals surface area (Å²) in [5, 5.41) is 8.30. The van der Waals surface area contributed by atoms with Crippen molar-refractivity contribution in [3.05, 3.63) is 102 Å². The molecule has 2 N–H and O–H groups in total. The van der Waals surface area contributed by atoms with E-state index in [0.29, 0.717) is 29.4 Å². The summed E-state index contributed by atoms with van der Waals surface area (Å²) < 4.78 is 24.5. The molecule has 8 heteroatoms. The summed E-state index contributed by atoms with van der Waals surface area (Å²) in [4.78, 5) is 24.5. The van der Waals surface area contributed by atoms with Gasteiger partial charge in [0.1, 0.15) is 23.9 Å². The van der Waals surface area contributed by atoms with E-state index in [0.717, 1.165) is 16.3 Å². The molecule has 0 fully saturated rings. The van der Waals surface area contributed by atoms with Gasteiger partial charge in [0.05, 0.1) is 12.8 Å². The molecule has 36 heavy (non-hydrogen) atoms. The second kappa shape index (κ2) is 11.6. The number of fused-ring (bicyclic) bond motifs is 1. The number of hydrogen-bond acceptors (Lipinski definition) is 5. The van der Waals surface area contributed by atoms with E-state index in [1.165, 1.54) is 18.3 Å². The minimum Gasteiger partial charge on any atom is -0.494 e. The first-order chi connectivity index (χ1) is 17.5. The topological polar surface area (TPSA) is 89.0 Å². The molecule has 0 saturated carbocycles. The van der Waals surface area contributed by atoms with Crippen molar-refractivity contribution in [3.63, 3.8) is 0 Å². The summed E-state index contributed by atoms with van der Waals surface area (Å²) in [5.74, 6) is -0.914. The number of rotatable bonds is 8. The molecule has 0 saturated heterocycles. The zero-order valence-corrected chi connectivity index (χ0v) is 19.5. The van der Waals surface area contributed by atoms with E-state index in [9.17, 15) is 14.0 Å². The maximum absolute atomic E-state index is 13.2. The van der Waals surface area contributed by atoms with Crippen LogP contribution in [0.3, 0.4) is 0 Å². The van der Waals surface area contributed by atoms with E-state index in [1.807, 2.05) is 37.3 Å². The Labute approximate surface area is 207 Å². The van der Waals surface area contributed by atoms with Crippen LogP contribution in [0, 0.1) is 5.82 Å². The van der Waals surface area contributed by atoms with Gasteiger partial charge in [-0.3, -0.25) is 9.59 Å². The SMILES string of the molecule is CCOc1ccc(NC(=O)C(=O)N/N=C\c2c(OCc3ccc(F)cc3)ccc3ccccc23)cc1. The van der Waals surface area contributed by atoms with Gasteiger partial charge >= 0.3 is 11.8 Å². The third-order valence-corrected chi connectivity index (χ3v) is 5.23. The van der Waals surface area contributed by atoms with Gasteiger partial charge in [0, 0.05) is 11.3 Å². The van der Waals surface area contributed by atoms with Crippen LogP contribution in [0.2, 0.25) is 0 Å². The predicted molar refractivity (Wildman–Crippen MR) is 137 cm³/mol. The third kappa shape index (κ3) is 6.24. The highest BCUT2D eigenvalue weighted by atomic mass is 19.1. The predicted octanol–water partition coefficient (Wildman–Crippen LogP) is 5.05. The summed E-state index contributed by atoms with van der Waals surface area (Å²) in [6.07, 6.45) is 1.43. The Kier molecular flexibility index (Phi) is 7.87. The zero-order valence-electron chi connectivity index (χ0n) is 19.5. The standard InChI is InChI=1S/C28H24FN3O4/c1-2-35-23-14-12-22(13-15-23)31-27(33)28(34)32-30-17-25-24-6-4-3-5-20(24)9-16-26(25)36-18-19-7-10-21(29)11-8-19/h3-17H,2,18H2,1H3,(H,31,33)(H,32,34)/b30-17-. The summed E-state index contributed by atoms with van der Waals surface area (Å²) in [6.45, 7) is 2.62. The van der Waals surface area contributed by atoms with Gasteiger partial charge in [-0.25, -0.2) is 9.82 Å². The number of ether oxygens (including phenoxy) is 2. The number of hydrazone groups is 1. The van der Waals surface area contributed by atoms with Crippen LogP contribution in [0.1, 0.15) is 18.1 Å². The lowest BCUT2D eigenvalue weighted by molar-refractivity contribution is -0.136. The van der Waals surface area contributed by atoms with Gasteiger partial charge < -0.3 is 14.8 Å². The van der Waals surface area contributed by atoms with Crippen LogP contribution in [0.4, 0.5) is 10.1 Å². The van der Waals surface area contributed by atoms with Crippen molar-refractivity contribution < 1.29 is 23.5 Å². The van der Waals surface area contributed by atoms with Crippen molar-refractivity contribution in [2.24, 2.45) is 5.10 Å². The fourth-order valence-corrected chi connectivity index (χ4v) is 3.47. The van der Waals surface area contributed by atoms with E-state index in [-0.39, 0.29) is 12.4 Å². The Morgan fingerprint density at radius 2 is 1.64 bits per heavy atom. The quantitative estimate of drug-likeness (QED) is 0.208. The van der Waals surface area contributed by atoms with E-state index in [2.05, 4.69) is 15.8 Å². The molecular formula is C28H24FN3O4. The van der Waals surface area contributed by atoms with Crippen LogP contribution < -0.4 is 20.2 Å². The van der Waals surface area contributed by atoms with Gasteiger partial charge in [-0.15, -0.1) is 0 Å². The fourth-order valence-electron chi connectivity index (χ4n) is 3.47. The van der Waals surface area contributed by atoms with Gasteiger partial charge in [0.25, 0.3) is 0 Å². The lowest BCUT2D eigenvalue weighted by Gasteiger charge is -2.12. The van der Waals surface area contributed by atoms with E-state index >= 15 is 0 Å². The number of carbonyl (C=O) groups is 2. The fraction of sp³-hybridized carbons (Fsp3) is 0.107. The second-order valence-electron chi connectivity index (χ2n) is 7.72. The molecule has 0 atom stereocenters. The minimum absolute atomic E-state index is 0.219. The van der Waals surface area contributed by atoms with Crippen molar-refractivity contribution in [2.45, 2.75) is 13.5 Å². The first-order valence-corrected chi connectivity index (χ1v) is 11.3. The first-order valence-electron chi connectivity index (χ1n) is 11.3. The minimum atomic E-state index is -0.922. The van der Waals surface area contributed by atoms with Crippen molar-refractivity contribution in [3.8, 4) is 11.5 Å². The molecule has 0 heterocycles.